The first-order chi connectivity index (χ1) is 11.3. The Bertz CT molecular complexity index is 637. The summed E-state index contributed by atoms with van der Waals surface area (Å²) >= 11 is 0. The Labute approximate surface area is 136 Å². The van der Waals surface area contributed by atoms with Crippen LogP contribution in [0.25, 0.3) is 11.5 Å². The van der Waals surface area contributed by atoms with Gasteiger partial charge < -0.3 is 19.9 Å². The van der Waals surface area contributed by atoms with Crippen molar-refractivity contribution >= 4 is 5.69 Å². The number of hydrogen-bond donors (Lipinski definition) is 2. The van der Waals surface area contributed by atoms with Crippen LogP contribution >= 0.6 is 0 Å². The van der Waals surface area contributed by atoms with Crippen LogP contribution in [0.1, 0.15) is 12.7 Å². The van der Waals surface area contributed by atoms with Crippen molar-refractivity contribution in [2.75, 3.05) is 45.2 Å². The molecule has 1 fully saturated rings. The molecule has 1 aromatic heterocycles. The maximum atomic E-state index is 5.53. The van der Waals surface area contributed by atoms with E-state index in [2.05, 4.69) is 25.7 Å². The molecule has 0 radical (unpaired) electrons. The lowest BCUT2D eigenvalue weighted by Crippen LogP contribution is -2.43. The lowest BCUT2D eigenvalue weighted by molar-refractivity contribution is 0.225. The number of nitrogens with zero attached hydrogens (tertiary/aromatic N) is 3. The van der Waals surface area contributed by atoms with E-state index < -0.39 is 0 Å². The van der Waals surface area contributed by atoms with Gasteiger partial charge in [-0.05, 0) is 19.1 Å². The molecule has 2 aromatic rings. The van der Waals surface area contributed by atoms with Gasteiger partial charge in [0.2, 0.25) is 0 Å². The molecule has 0 atom stereocenters. The molecule has 0 saturated carbocycles. The van der Waals surface area contributed by atoms with E-state index in [4.69, 9.17) is 9.26 Å². The molecule has 1 saturated heterocycles. The SMILES string of the molecule is CCNc1cccc(-c2nc(CN3CCNCC3)no2)c1OC. The summed E-state index contributed by atoms with van der Waals surface area (Å²) in [5.41, 5.74) is 1.74. The number of aromatic nitrogens is 2. The summed E-state index contributed by atoms with van der Waals surface area (Å²) in [5, 5.41) is 10.7. The molecule has 0 amide bonds. The number of para-hydroxylation sites is 1. The Morgan fingerprint density at radius 2 is 2.17 bits per heavy atom. The normalized spacial score (nSPS) is 15.6. The maximum Gasteiger partial charge on any atom is 0.261 e. The van der Waals surface area contributed by atoms with Crippen LogP contribution in [0.5, 0.6) is 5.75 Å². The summed E-state index contributed by atoms with van der Waals surface area (Å²) in [6, 6.07) is 5.86. The molecule has 23 heavy (non-hydrogen) atoms. The molecular formula is C16H23N5O2. The summed E-state index contributed by atoms with van der Waals surface area (Å²) in [4.78, 5) is 6.85. The molecule has 1 aromatic carbocycles. The molecule has 0 spiro atoms. The van der Waals surface area contributed by atoms with Gasteiger partial charge in [-0.25, -0.2) is 0 Å². The average molecular weight is 317 g/mol. The topological polar surface area (TPSA) is 75.5 Å². The highest BCUT2D eigenvalue weighted by molar-refractivity contribution is 5.73. The van der Waals surface area contributed by atoms with E-state index in [1.165, 1.54) is 0 Å². The number of methoxy groups -OCH3 is 1. The summed E-state index contributed by atoms with van der Waals surface area (Å²) in [7, 11) is 1.65. The minimum Gasteiger partial charge on any atom is -0.494 e. The standard InChI is InChI=1S/C16H23N5O2/c1-3-18-13-6-4-5-12(15(13)22-2)16-19-14(20-23-16)11-21-9-7-17-8-10-21/h4-6,17-18H,3,7-11H2,1-2H3. The molecule has 2 N–H and O–H groups in total. The minimum absolute atomic E-state index is 0.492. The van der Waals surface area contributed by atoms with E-state index in [-0.39, 0.29) is 0 Å². The highest BCUT2D eigenvalue weighted by Crippen LogP contribution is 2.35. The van der Waals surface area contributed by atoms with E-state index >= 15 is 0 Å². The van der Waals surface area contributed by atoms with Crippen LogP contribution < -0.4 is 15.4 Å². The highest BCUT2D eigenvalue weighted by atomic mass is 16.5. The average Bonchev–Trinajstić information content (AvgIpc) is 3.04. The fourth-order valence-corrected chi connectivity index (χ4v) is 2.75. The number of ether oxygens (including phenoxy) is 1. The number of rotatable bonds is 6. The Morgan fingerprint density at radius 1 is 1.35 bits per heavy atom. The smallest absolute Gasteiger partial charge is 0.261 e. The van der Waals surface area contributed by atoms with Crippen LogP contribution in [-0.2, 0) is 6.54 Å². The minimum atomic E-state index is 0.492. The van der Waals surface area contributed by atoms with Crippen molar-refractivity contribution in [2.24, 2.45) is 0 Å². The fourth-order valence-electron chi connectivity index (χ4n) is 2.75. The predicted octanol–water partition coefficient (Wildman–Crippen LogP) is 1.58. The Balaban J connectivity index is 1.80. The zero-order chi connectivity index (χ0) is 16.1. The van der Waals surface area contributed by atoms with Gasteiger partial charge in [-0.2, -0.15) is 4.98 Å². The van der Waals surface area contributed by atoms with Crippen molar-refractivity contribution in [3.8, 4) is 17.2 Å². The summed E-state index contributed by atoms with van der Waals surface area (Å²) in [6.07, 6.45) is 0. The van der Waals surface area contributed by atoms with Crippen molar-refractivity contribution in [1.82, 2.24) is 20.4 Å². The largest absolute Gasteiger partial charge is 0.494 e. The summed E-state index contributed by atoms with van der Waals surface area (Å²) < 4.78 is 11.0. The van der Waals surface area contributed by atoms with Gasteiger partial charge in [0.25, 0.3) is 5.89 Å². The van der Waals surface area contributed by atoms with Crippen LogP contribution in [0, 0.1) is 0 Å². The first-order valence-corrected chi connectivity index (χ1v) is 7.98. The van der Waals surface area contributed by atoms with Crippen LogP contribution in [0.15, 0.2) is 22.7 Å². The lowest BCUT2D eigenvalue weighted by atomic mass is 10.1. The lowest BCUT2D eigenvalue weighted by Gasteiger charge is -2.25. The Kier molecular flexibility index (Phi) is 5.09. The van der Waals surface area contributed by atoms with E-state index in [9.17, 15) is 0 Å². The molecule has 124 valence electrons. The van der Waals surface area contributed by atoms with Crippen LogP contribution in [0.3, 0.4) is 0 Å². The molecular weight excluding hydrogens is 294 g/mol. The second-order valence-electron chi connectivity index (χ2n) is 5.46. The molecule has 7 nitrogen and oxygen atoms in total. The van der Waals surface area contributed by atoms with Gasteiger partial charge >= 0.3 is 0 Å². The molecule has 0 unspecified atom stereocenters. The van der Waals surface area contributed by atoms with Gasteiger partial charge in [-0.15, -0.1) is 0 Å². The van der Waals surface area contributed by atoms with Gasteiger partial charge in [0.1, 0.15) is 0 Å². The van der Waals surface area contributed by atoms with Gasteiger partial charge in [0, 0.05) is 32.7 Å². The quantitative estimate of drug-likeness (QED) is 0.838. The van der Waals surface area contributed by atoms with E-state index in [1.807, 2.05) is 25.1 Å². The van der Waals surface area contributed by atoms with Crippen LogP contribution in [0.2, 0.25) is 0 Å². The van der Waals surface area contributed by atoms with Crippen molar-refractivity contribution in [3.63, 3.8) is 0 Å². The number of benzene rings is 1. The zero-order valence-electron chi connectivity index (χ0n) is 13.6. The molecule has 0 bridgehead atoms. The van der Waals surface area contributed by atoms with E-state index in [1.54, 1.807) is 7.11 Å². The Morgan fingerprint density at radius 3 is 2.91 bits per heavy atom. The van der Waals surface area contributed by atoms with Crippen molar-refractivity contribution in [1.29, 1.82) is 0 Å². The first-order valence-electron chi connectivity index (χ1n) is 7.98. The monoisotopic (exact) mass is 317 g/mol. The van der Waals surface area contributed by atoms with Crippen LogP contribution in [0.4, 0.5) is 5.69 Å². The zero-order valence-corrected chi connectivity index (χ0v) is 13.6. The fraction of sp³-hybridized carbons (Fsp3) is 0.500. The predicted molar refractivity (Wildman–Crippen MR) is 88.6 cm³/mol. The van der Waals surface area contributed by atoms with E-state index in [0.29, 0.717) is 18.3 Å². The van der Waals surface area contributed by atoms with Crippen molar-refractivity contribution in [3.05, 3.63) is 24.0 Å². The molecule has 3 rings (SSSR count). The first kappa shape index (κ1) is 15.8. The van der Waals surface area contributed by atoms with Crippen molar-refractivity contribution in [2.45, 2.75) is 13.5 Å². The third kappa shape index (κ3) is 3.62. The van der Waals surface area contributed by atoms with Gasteiger partial charge in [0.05, 0.1) is 24.9 Å². The number of nitrogens with one attached hydrogen (secondary N) is 2. The summed E-state index contributed by atoms with van der Waals surface area (Å²) in [6.45, 7) is 7.58. The van der Waals surface area contributed by atoms with Gasteiger partial charge in [-0.3, -0.25) is 4.90 Å². The number of hydrogen-bond acceptors (Lipinski definition) is 7. The van der Waals surface area contributed by atoms with E-state index in [0.717, 1.165) is 49.7 Å². The van der Waals surface area contributed by atoms with Gasteiger partial charge in [-0.1, -0.05) is 11.2 Å². The second-order valence-corrected chi connectivity index (χ2v) is 5.46. The van der Waals surface area contributed by atoms with Crippen molar-refractivity contribution < 1.29 is 9.26 Å². The molecule has 0 aliphatic carbocycles. The molecule has 1 aliphatic heterocycles. The number of anilines is 1. The Hall–Kier alpha value is -2.12. The third-order valence-corrected chi connectivity index (χ3v) is 3.86. The number of piperazine rings is 1. The molecule has 1 aliphatic rings. The molecule has 7 heteroatoms. The maximum absolute atomic E-state index is 5.53. The summed E-state index contributed by atoms with van der Waals surface area (Å²) in [5.74, 6) is 1.93. The third-order valence-electron chi connectivity index (χ3n) is 3.86. The second kappa shape index (κ2) is 7.43. The molecule has 2 heterocycles. The van der Waals surface area contributed by atoms with Gasteiger partial charge in [0.15, 0.2) is 11.6 Å². The van der Waals surface area contributed by atoms with Crippen LogP contribution in [-0.4, -0.2) is 54.9 Å². The highest BCUT2D eigenvalue weighted by Gasteiger charge is 2.18.